The summed E-state index contributed by atoms with van der Waals surface area (Å²) in [6.07, 6.45) is 0. The molecule has 3 aromatic carbocycles. The van der Waals surface area contributed by atoms with Crippen LogP contribution in [0.25, 0.3) is 0 Å². The third kappa shape index (κ3) is 4.90. The molecule has 1 fully saturated rings. The molecule has 1 amide bonds. The first-order valence-electron chi connectivity index (χ1n) is 10.1. The van der Waals surface area contributed by atoms with Crippen LogP contribution in [-0.4, -0.2) is 49.9 Å². The summed E-state index contributed by atoms with van der Waals surface area (Å²) < 4.78 is 5.47. The second kappa shape index (κ2) is 10.5. The lowest BCUT2D eigenvalue weighted by molar-refractivity contribution is 0.0742. The van der Waals surface area contributed by atoms with Gasteiger partial charge in [0.25, 0.3) is 5.91 Å². The summed E-state index contributed by atoms with van der Waals surface area (Å²) in [4.78, 5) is 30.3. The quantitative estimate of drug-likeness (QED) is 0.494. The highest BCUT2D eigenvalue weighted by Crippen LogP contribution is 2.28. The van der Waals surface area contributed by atoms with Gasteiger partial charge in [-0.25, -0.2) is 0 Å². The first-order chi connectivity index (χ1) is 15.1. The molecule has 0 saturated carbocycles. The molecule has 0 atom stereocenters. The topological polar surface area (TPSA) is 49.9 Å². The van der Waals surface area contributed by atoms with E-state index < -0.39 is 0 Å². The summed E-state index contributed by atoms with van der Waals surface area (Å²) in [5.74, 6) is 0.507. The smallest absolute Gasteiger partial charge is 0.254 e. The van der Waals surface area contributed by atoms with Crippen molar-refractivity contribution in [3.05, 3.63) is 94.5 Å². The van der Waals surface area contributed by atoms with Crippen LogP contribution in [0.3, 0.4) is 0 Å². The molecule has 166 valence electrons. The predicted molar refractivity (Wildman–Crippen MR) is 130 cm³/mol. The van der Waals surface area contributed by atoms with Gasteiger partial charge in [0.1, 0.15) is 5.75 Å². The number of carbonyl (C=O) groups is 2. The first kappa shape index (κ1) is 23.6. The van der Waals surface area contributed by atoms with Gasteiger partial charge in [0, 0.05) is 42.3 Å². The van der Waals surface area contributed by atoms with Gasteiger partial charge in [-0.1, -0.05) is 41.9 Å². The maximum atomic E-state index is 13.3. The van der Waals surface area contributed by atoms with Gasteiger partial charge in [0.2, 0.25) is 0 Å². The maximum absolute atomic E-state index is 13.3. The van der Waals surface area contributed by atoms with E-state index >= 15 is 0 Å². The summed E-state index contributed by atoms with van der Waals surface area (Å²) in [6, 6.07) is 21.6. The van der Waals surface area contributed by atoms with Crippen LogP contribution in [0, 0.1) is 0 Å². The minimum atomic E-state index is -0.187. The molecule has 3 aromatic rings. The number of ether oxygens (including phenoxy) is 1. The zero-order valence-electron chi connectivity index (χ0n) is 17.7. The van der Waals surface area contributed by atoms with Crippen LogP contribution < -0.4 is 9.64 Å². The van der Waals surface area contributed by atoms with Crippen LogP contribution >= 0.6 is 24.0 Å². The predicted octanol–water partition coefficient (Wildman–Crippen LogP) is 4.96. The Balaban J connectivity index is 0.00000289. The highest BCUT2D eigenvalue weighted by atomic mass is 35.5. The molecule has 0 unspecified atom stereocenters. The molecule has 32 heavy (non-hydrogen) atoms. The van der Waals surface area contributed by atoms with Gasteiger partial charge in [-0.2, -0.15) is 0 Å². The fraction of sp³-hybridized carbons (Fsp3) is 0.200. The lowest BCUT2D eigenvalue weighted by atomic mass is 9.97. The third-order valence-corrected chi connectivity index (χ3v) is 5.75. The molecule has 0 aliphatic carbocycles. The van der Waals surface area contributed by atoms with Crippen molar-refractivity contribution < 1.29 is 14.3 Å². The summed E-state index contributed by atoms with van der Waals surface area (Å²) >= 11 is 5.94. The number of methoxy groups -OCH3 is 1. The average molecular weight is 471 g/mol. The van der Waals surface area contributed by atoms with E-state index in [0.717, 1.165) is 11.4 Å². The van der Waals surface area contributed by atoms with Crippen molar-refractivity contribution in [3.8, 4) is 5.75 Å². The summed E-state index contributed by atoms with van der Waals surface area (Å²) in [5, 5.41) is 0.564. The summed E-state index contributed by atoms with van der Waals surface area (Å²) in [7, 11) is 1.66. The fourth-order valence-corrected chi connectivity index (χ4v) is 3.96. The number of carbonyl (C=O) groups excluding carboxylic acids is 2. The van der Waals surface area contributed by atoms with Crippen LogP contribution in [0.1, 0.15) is 26.3 Å². The van der Waals surface area contributed by atoms with Crippen molar-refractivity contribution in [2.24, 2.45) is 0 Å². The molecule has 1 aliphatic heterocycles. The summed E-state index contributed by atoms with van der Waals surface area (Å²) in [5.41, 5.74) is 2.36. The number of benzene rings is 3. The van der Waals surface area contributed by atoms with E-state index in [9.17, 15) is 9.59 Å². The first-order valence-corrected chi connectivity index (χ1v) is 10.5. The molecule has 0 radical (unpaired) electrons. The second-order valence-electron chi connectivity index (χ2n) is 7.33. The zero-order chi connectivity index (χ0) is 21.8. The number of hydrogen-bond acceptors (Lipinski definition) is 4. The number of anilines is 1. The lowest BCUT2D eigenvalue weighted by Gasteiger charge is -2.36. The Morgan fingerprint density at radius 3 is 2.06 bits per heavy atom. The highest BCUT2D eigenvalue weighted by Gasteiger charge is 2.26. The van der Waals surface area contributed by atoms with E-state index in [1.54, 1.807) is 60.5 Å². The molecule has 1 aliphatic rings. The van der Waals surface area contributed by atoms with Gasteiger partial charge in [-0.05, 0) is 42.5 Å². The number of hydrogen-bond donors (Lipinski definition) is 0. The number of amides is 1. The highest BCUT2D eigenvalue weighted by molar-refractivity contribution is 6.30. The van der Waals surface area contributed by atoms with Gasteiger partial charge < -0.3 is 14.5 Å². The van der Waals surface area contributed by atoms with E-state index in [2.05, 4.69) is 4.90 Å². The third-order valence-electron chi connectivity index (χ3n) is 5.50. The molecular formula is C25H24Cl2N2O3. The van der Waals surface area contributed by atoms with Crippen molar-refractivity contribution >= 4 is 41.4 Å². The normalized spacial score (nSPS) is 13.3. The van der Waals surface area contributed by atoms with E-state index in [0.29, 0.717) is 47.9 Å². The van der Waals surface area contributed by atoms with Crippen molar-refractivity contribution in [1.29, 1.82) is 0 Å². The standard InChI is InChI=1S/C25H23ClN2O3.ClH/c1-31-23-9-5-4-8-22(23)27-14-16-28(17-15-27)25(30)21-7-3-2-6-20(21)24(29)18-10-12-19(26)13-11-18;/h2-13H,14-17H2,1H3;1H. The van der Waals surface area contributed by atoms with E-state index in [-0.39, 0.29) is 24.1 Å². The molecule has 1 saturated heterocycles. The van der Waals surface area contributed by atoms with Crippen molar-refractivity contribution in [2.45, 2.75) is 0 Å². The monoisotopic (exact) mass is 470 g/mol. The van der Waals surface area contributed by atoms with Gasteiger partial charge in [0.15, 0.2) is 5.78 Å². The molecule has 0 N–H and O–H groups in total. The lowest BCUT2D eigenvalue weighted by Crippen LogP contribution is -2.49. The van der Waals surface area contributed by atoms with Crippen molar-refractivity contribution in [2.75, 3.05) is 38.2 Å². The molecule has 1 heterocycles. The van der Waals surface area contributed by atoms with Gasteiger partial charge in [-0.3, -0.25) is 9.59 Å². The Labute approximate surface area is 199 Å². The molecule has 0 spiro atoms. The van der Waals surface area contributed by atoms with Crippen LogP contribution in [0.5, 0.6) is 5.75 Å². The summed E-state index contributed by atoms with van der Waals surface area (Å²) in [6.45, 7) is 2.53. The van der Waals surface area contributed by atoms with Gasteiger partial charge in [-0.15, -0.1) is 12.4 Å². The van der Waals surface area contributed by atoms with Gasteiger partial charge in [0.05, 0.1) is 18.4 Å². The average Bonchev–Trinajstić information content (AvgIpc) is 2.83. The zero-order valence-corrected chi connectivity index (χ0v) is 19.2. The molecule has 4 rings (SSSR count). The Hall–Kier alpha value is -3.02. The van der Waals surface area contributed by atoms with Gasteiger partial charge >= 0.3 is 0 Å². The van der Waals surface area contributed by atoms with Crippen LogP contribution in [-0.2, 0) is 0 Å². The van der Waals surface area contributed by atoms with E-state index in [4.69, 9.17) is 16.3 Å². The Morgan fingerprint density at radius 1 is 0.812 bits per heavy atom. The number of nitrogens with zero attached hydrogens (tertiary/aromatic N) is 2. The largest absolute Gasteiger partial charge is 0.495 e. The Kier molecular flexibility index (Phi) is 7.78. The van der Waals surface area contributed by atoms with E-state index in [1.165, 1.54) is 0 Å². The minimum Gasteiger partial charge on any atom is -0.495 e. The van der Waals surface area contributed by atoms with Crippen LogP contribution in [0.2, 0.25) is 5.02 Å². The number of para-hydroxylation sites is 2. The molecule has 0 bridgehead atoms. The minimum absolute atomic E-state index is 0. The second-order valence-corrected chi connectivity index (χ2v) is 7.77. The van der Waals surface area contributed by atoms with Crippen molar-refractivity contribution in [1.82, 2.24) is 4.90 Å². The number of ketones is 1. The molecule has 7 heteroatoms. The Morgan fingerprint density at radius 2 is 1.41 bits per heavy atom. The Bertz CT molecular complexity index is 1090. The molecule has 5 nitrogen and oxygen atoms in total. The molecule has 0 aromatic heterocycles. The number of piperazine rings is 1. The van der Waals surface area contributed by atoms with Crippen LogP contribution in [0.4, 0.5) is 5.69 Å². The SMILES string of the molecule is COc1ccccc1N1CCN(C(=O)c2ccccc2C(=O)c2ccc(Cl)cc2)CC1.Cl. The molecular weight excluding hydrogens is 447 g/mol. The van der Waals surface area contributed by atoms with E-state index in [1.807, 2.05) is 24.3 Å². The number of halogens is 2. The maximum Gasteiger partial charge on any atom is 0.254 e. The van der Waals surface area contributed by atoms with Crippen LogP contribution in [0.15, 0.2) is 72.8 Å². The fourth-order valence-electron chi connectivity index (χ4n) is 3.84. The van der Waals surface area contributed by atoms with Crippen molar-refractivity contribution in [3.63, 3.8) is 0 Å². The number of rotatable bonds is 5.